The molecule has 0 aromatic carbocycles. The molecule has 1 heterocycles. The van der Waals surface area contributed by atoms with Crippen molar-refractivity contribution in [2.75, 3.05) is 0 Å². The van der Waals surface area contributed by atoms with Gasteiger partial charge in [0.2, 0.25) is 0 Å². The Morgan fingerprint density at radius 3 is 2.78 bits per heavy atom. The SMILES string of the molecule is Cl.O=Cc1cncn1[C@@H]1CCC[C@H]2CCCC[C@@H]21. The molecule has 0 amide bonds. The Bertz CT molecular complexity index is 402. The number of imidazole rings is 1. The van der Waals surface area contributed by atoms with Gasteiger partial charge in [0.05, 0.1) is 12.5 Å². The lowest BCUT2D eigenvalue weighted by Crippen LogP contribution is -2.33. The molecule has 0 radical (unpaired) electrons. The number of aromatic nitrogens is 2. The van der Waals surface area contributed by atoms with Gasteiger partial charge in [-0.1, -0.05) is 32.1 Å². The molecule has 0 unspecified atom stereocenters. The van der Waals surface area contributed by atoms with Gasteiger partial charge in [-0.2, -0.15) is 0 Å². The first-order chi connectivity index (χ1) is 8.40. The second-order valence-electron chi connectivity index (χ2n) is 5.55. The third-order valence-corrected chi connectivity index (χ3v) is 4.71. The van der Waals surface area contributed by atoms with E-state index < -0.39 is 0 Å². The molecule has 3 rings (SSSR count). The second kappa shape index (κ2) is 5.87. The van der Waals surface area contributed by atoms with Crippen LogP contribution in [0.15, 0.2) is 12.5 Å². The van der Waals surface area contributed by atoms with Crippen LogP contribution in [0.4, 0.5) is 0 Å². The summed E-state index contributed by atoms with van der Waals surface area (Å²) in [6, 6.07) is 0.525. The molecule has 0 bridgehead atoms. The topological polar surface area (TPSA) is 34.9 Å². The smallest absolute Gasteiger partial charge is 0.168 e. The Balaban J connectivity index is 0.00000120. The van der Waals surface area contributed by atoms with Crippen LogP contribution in [0.5, 0.6) is 0 Å². The van der Waals surface area contributed by atoms with Gasteiger partial charge in [-0.05, 0) is 24.7 Å². The average Bonchev–Trinajstić information content (AvgIpc) is 2.86. The summed E-state index contributed by atoms with van der Waals surface area (Å²) in [5.74, 6) is 1.68. The van der Waals surface area contributed by atoms with Gasteiger partial charge in [0.1, 0.15) is 5.69 Å². The number of rotatable bonds is 2. The van der Waals surface area contributed by atoms with Gasteiger partial charge in [-0.15, -0.1) is 12.4 Å². The standard InChI is InChI=1S/C14H20N2O.ClH/c17-9-12-8-15-10-16(12)14-7-3-5-11-4-1-2-6-13(11)14;/h8-11,13-14H,1-7H2;1H/t11-,13+,14-;/m1./s1. The normalized spacial score (nSPS) is 31.2. The van der Waals surface area contributed by atoms with E-state index in [4.69, 9.17) is 0 Å². The molecule has 2 aliphatic carbocycles. The van der Waals surface area contributed by atoms with Crippen molar-refractivity contribution in [2.45, 2.75) is 51.0 Å². The minimum Gasteiger partial charge on any atom is -0.325 e. The first-order valence-corrected chi connectivity index (χ1v) is 6.87. The molecular weight excluding hydrogens is 248 g/mol. The van der Waals surface area contributed by atoms with Gasteiger partial charge >= 0.3 is 0 Å². The van der Waals surface area contributed by atoms with Crippen molar-refractivity contribution >= 4 is 18.7 Å². The Morgan fingerprint density at radius 1 is 1.17 bits per heavy atom. The Morgan fingerprint density at radius 2 is 1.94 bits per heavy atom. The number of hydrogen-bond donors (Lipinski definition) is 0. The number of nitrogens with zero attached hydrogens (tertiary/aromatic N) is 2. The van der Waals surface area contributed by atoms with E-state index in [9.17, 15) is 4.79 Å². The predicted octanol–water partition coefficient (Wildman–Crippen LogP) is 3.65. The monoisotopic (exact) mass is 268 g/mol. The van der Waals surface area contributed by atoms with E-state index in [2.05, 4.69) is 9.55 Å². The molecule has 2 fully saturated rings. The molecule has 1 aromatic rings. The van der Waals surface area contributed by atoms with Crippen molar-refractivity contribution in [1.29, 1.82) is 0 Å². The highest BCUT2D eigenvalue weighted by atomic mass is 35.5. The van der Waals surface area contributed by atoms with Gasteiger partial charge in [0, 0.05) is 6.04 Å². The predicted molar refractivity (Wildman–Crippen MR) is 73.2 cm³/mol. The van der Waals surface area contributed by atoms with E-state index in [-0.39, 0.29) is 12.4 Å². The van der Waals surface area contributed by atoms with Crippen molar-refractivity contribution in [1.82, 2.24) is 9.55 Å². The maximum atomic E-state index is 11.0. The van der Waals surface area contributed by atoms with Crippen LogP contribution >= 0.6 is 12.4 Å². The largest absolute Gasteiger partial charge is 0.325 e. The molecule has 0 spiro atoms. The summed E-state index contributed by atoms with van der Waals surface area (Å²) in [6.45, 7) is 0. The van der Waals surface area contributed by atoms with Crippen molar-refractivity contribution in [3.05, 3.63) is 18.2 Å². The van der Waals surface area contributed by atoms with Crippen LogP contribution in [0.1, 0.15) is 61.5 Å². The average molecular weight is 269 g/mol. The second-order valence-corrected chi connectivity index (χ2v) is 5.55. The fourth-order valence-electron chi connectivity index (χ4n) is 3.93. The van der Waals surface area contributed by atoms with Gasteiger partial charge in [-0.3, -0.25) is 4.79 Å². The Hall–Kier alpha value is -0.830. The lowest BCUT2D eigenvalue weighted by molar-refractivity contribution is 0.101. The van der Waals surface area contributed by atoms with Crippen LogP contribution in [0.25, 0.3) is 0 Å². The van der Waals surface area contributed by atoms with Crippen molar-refractivity contribution < 1.29 is 4.79 Å². The zero-order valence-electron chi connectivity index (χ0n) is 10.6. The molecule has 100 valence electrons. The third-order valence-electron chi connectivity index (χ3n) is 4.71. The van der Waals surface area contributed by atoms with Crippen LogP contribution in [0.3, 0.4) is 0 Å². The lowest BCUT2D eigenvalue weighted by atomic mass is 9.68. The Labute approximate surface area is 114 Å². The van der Waals surface area contributed by atoms with Crippen LogP contribution < -0.4 is 0 Å². The maximum absolute atomic E-state index is 11.0. The summed E-state index contributed by atoms with van der Waals surface area (Å²) >= 11 is 0. The van der Waals surface area contributed by atoms with Gasteiger partial charge < -0.3 is 4.57 Å². The third kappa shape index (κ3) is 2.33. The molecule has 18 heavy (non-hydrogen) atoms. The van der Waals surface area contributed by atoms with Crippen molar-refractivity contribution in [2.24, 2.45) is 11.8 Å². The summed E-state index contributed by atoms with van der Waals surface area (Å²) in [7, 11) is 0. The molecule has 3 nitrogen and oxygen atoms in total. The summed E-state index contributed by atoms with van der Waals surface area (Å²) < 4.78 is 2.13. The quantitative estimate of drug-likeness (QED) is 0.768. The number of carbonyl (C=O) groups is 1. The number of hydrogen-bond acceptors (Lipinski definition) is 2. The molecule has 2 saturated carbocycles. The van der Waals surface area contributed by atoms with E-state index in [0.717, 1.165) is 23.8 Å². The lowest BCUT2D eigenvalue weighted by Gasteiger charge is -2.42. The zero-order valence-corrected chi connectivity index (χ0v) is 11.4. The van der Waals surface area contributed by atoms with Crippen LogP contribution in [0, 0.1) is 11.8 Å². The van der Waals surface area contributed by atoms with E-state index in [1.807, 2.05) is 6.33 Å². The Kier molecular flexibility index (Phi) is 4.44. The van der Waals surface area contributed by atoms with E-state index in [1.54, 1.807) is 6.20 Å². The summed E-state index contributed by atoms with van der Waals surface area (Å²) in [5, 5.41) is 0. The molecule has 0 N–H and O–H groups in total. The summed E-state index contributed by atoms with van der Waals surface area (Å²) in [6.07, 6.45) is 13.9. The fourth-order valence-corrected chi connectivity index (χ4v) is 3.93. The highest BCUT2D eigenvalue weighted by Crippen LogP contribution is 2.46. The maximum Gasteiger partial charge on any atom is 0.168 e. The molecule has 1 aromatic heterocycles. The minimum atomic E-state index is 0. The first-order valence-electron chi connectivity index (χ1n) is 6.87. The first kappa shape index (κ1) is 13.6. The zero-order chi connectivity index (χ0) is 11.7. The number of carbonyl (C=O) groups excluding carboxylic acids is 1. The fraction of sp³-hybridized carbons (Fsp3) is 0.714. The van der Waals surface area contributed by atoms with E-state index in [0.29, 0.717) is 6.04 Å². The van der Waals surface area contributed by atoms with Crippen LogP contribution in [-0.2, 0) is 0 Å². The molecule has 3 atom stereocenters. The molecule has 2 aliphatic rings. The van der Waals surface area contributed by atoms with Crippen LogP contribution in [0.2, 0.25) is 0 Å². The molecule has 0 aliphatic heterocycles. The van der Waals surface area contributed by atoms with Crippen molar-refractivity contribution in [3.63, 3.8) is 0 Å². The summed E-state index contributed by atoms with van der Waals surface area (Å²) in [4.78, 5) is 15.2. The number of fused-ring (bicyclic) bond motifs is 1. The van der Waals surface area contributed by atoms with Gasteiger partial charge in [0.25, 0.3) is 0 Å². The summed E-state index contributed by atoms with van der Waals surface area (Å²) in [5.41, 5.74) is 0.751. The molecular formula is C14H21ClN2O. The van der Waals surface area contributed by atoms with E-state index in [1.165, 1.54) is 44.9 Å². The molecule has 0 saturated heterocycles. The van der Waals surface area contributed by atoms with E-state index >= 15 is 0 Å². The van der Waals surface area contributed by atoms with Crippen LogP contribution in [-0.4, -0.2) is 15.8 Å². The minimum absolute atomic E-state index is 0. The van der Waals surface area contributed by atoms with Gasteiger partial charge in [0.15, 0.2) is 6.29 Å². The highest BCUT2D eigenvalue weighted by molar-refractivity contribution is 5.85. The number of halogens is 1. The number of aldehydes is 1. The van der Waals surface area contributed by atoms with Gasteiger partial charge in [-0.25, -0.2) is 4.98 Å². The molecule has 4 heteroatoms. The van der Waals surface area contributed by atoms with Crippen molar-refractivity contribution in [3.8, 4) is 0 Å². The highest BCUT2D eigenvalue weighted by Gasteiger charge is 2.36.